The van der Waals surface area contributed by atoms with Gasteiger partial charge in [0.1, 0.15) is 5.75 Å². The first-order valence-electron chi connectivity index (χ1n) is 5.55. The van der Waals surface area contributed by atoms with Crippen molar-refractivity contribution >= 4 is 11.6 Å². The highest BCUT2D eigenvalue weighted by Crippen LogP contribution is 2.25. The van der Waals surface area contributed by atoms with Crippen molar-refractivity contribution in [1.29, 1.82) is 0 Å². The summed E-state index contributed by atoms with van der Waals surface area (Å²) in [6.45, 7) is 4.76. The van der Waals surface area contributed by atoms with Gasteiger partial charge in [-0.2, -0.15) is 0 Å². The van der Waals surface area contributed by atoms with Gasteiger partial charge in [-0.15, -0.1) is 11.6 Å². The average Bonchev–Trinajstić information content (AvgIpc) is 2.22. The van der Waals surface area contributed by atoms with Gasteiger partial charge in [-0.25, -0.2) is 0 Å². The zero-order valence-electron chi connectivity index (χ0n) is 10.5. The summed E-state index contributed by atoms with van der Waals surface area (Å²) in [5.74, 6) is 1.55. The first-order valence-corrected chi connectivity index (χ1v) is 6.09. The second-order valence-electron chi connectivity index (χ2n) is 4.09. The van der Waals surface area contributed by atoms with E-state index in [0.29, 0.717) is 12.5 Å². The predicted octanol–water partition coefficient (Wildman–Crippen LogP) is 3.24. The molecule has 0 bridgehead atoms. The number of nitrogens with zero attached hydrogens (tertiary/aromatic N) is 1. The summed E-state index contributed by atoms with van der Waals surface area (Å²) in [6.07, 6.45) is 0. The number of benzene rings is 1. The van der Waals surface area contributed by atoms with E-state index < -0.39 is 0 Å². The third-order valence-electron chi connectivity index (χ3n) is 2.65. The molecule has 0 radical (unpaired) electrons. The Kier molecular flexibility index (Phi) is 5.10. The van der Waals surface area contributed by atoms with Crippen molar-refractivity contribution in [3.05, 3.63) is 29.3 Å². The molecular weight excluding hydrogens is 222 g/mol. The van der Waals surface area contributed by atoms with E-state index in [0.717, 1.165) is 11.3 Å². The molecule has 0 spiro atoms. The Labute approximate surface area is 103 Å². The lowest BCUT2D eigenvalue weighted by Gasteiger charge is -2.23. The maximum absolute atomic E-state index is 5.98. The van der Waals surface area contributed by atoms with Crippen LogP contribution >= 0.6 is 11.6 Å². The van der Waals surface area contributed by atoms with Gasteiger partial charge in [0.15, 0.2) is 0 Å². The molecule has 0 saturated heterocycles. The fourth-order valence-corrected chi connectivity index (χ4v) is 2.18. The summed E-state index contributed by atoms with van der Waals surface area (Å²) in [4.78, 5) is 2.13. The number of aryl methyl sites for hydroxylation is 1. The molecular formula is C13H20ClNO. The lowest BCUT2D eigenvalue weighted by molar-refractivity contribution is 0.321. The van der Waals surface area contributed by atoms with Crippen LogP contribution in [0.4, 0.5) is 0 Å². The molecule has 0 aliphatic heterocycles. The van der Waals surface area contributed by atoms with E-state index in [1.807, 2.05) is 27.1 Å². The summed E-state index contributed by atoms with van der Waals surface area (Å²) in [6, 6.07) is 6.52. The van der Waals surface area contributed by atoms with Gasteiger partial charge in [0.05, 0.1) is 6.61 Å². The molecule has 3 heteroatoms. The van der Waals surface area contributed by atoms with Gasteiger partial charge in [-0.3, -0.25) is 0 Å². The number of hydrogen-bond acceptors (Lipinski definition) is 2. The summed E-state index contributed by atoms with van der Waals surface area (Å²) < 4.78 is 5.52. The highest BCUT2D eigenvalue weighted by molar-refractivity contribution is 6.18. The van der Waals surface area contributed by atoms with E-state index in [9.17, 15) is 0 Å². The molecule has 1 rings (SSSR count). The molecule has 0 N–H and O–H groups in total. The fourth-order valence-electron chi connectivity index (χ4n) is 1.72. The molecule has 1 aromatic rings. The predicted molar refractivity (Wildman–Crippen MR) is 69.5 cm³/mol. The molecule has 0 aliphatic rings. The van der Waals surface area contributed by atoms with Crippen molar-refractivity contribution in [3.63, 3.8) is 0 Å². The normalized spacial score (nSPS) is 12.9. The minimum absolute atomic E-state index is 0.260. The van der Waals surface area contributed by atoms with Gasteiger partial charge < -0.3 is 9.64 Å². The average molecular weight is 242 g/mol. The summed E-state index contributed by atoms with van der Waals surface area (Å²) in [5, 5.41) is 0. The Balaban J connectivity index is 2.95. The van der Waals surface area contributed by atoms with E-state index in [2.05, 4.69) is 24.0 Å². The Hall–Kier alpha value is -0.730. The molecule has 0 aromatic heterocycles. The SMILES string of the molecule is CCOc1ccc(C(CCl)N(C)C)cc1C. The highest BCUT2D eigenvalue weighted by atomic mass is 35.5. The van der Waals surface area contributed by atoms with Crippen molar-refractivity contribution in [2.75, 3.05) is 26.6 Å². The molecule has 1 atom stereocenters. The van der Waals surface area contributed by atoms with Gasteiger partial charge in [-0.1, -0.05) is 12.1 Å². The lowest BCUT2D eigenvalue weighted by Crippen LogP contribution is -2.21. The zero-order valence-corrected chi connectivity index (χ0v) is 11.2. The number of alkyl halides is 1. The van der Waals surface area contributed by atoms with Crippen molar-refractivity contribution in [2.24, 2.45) is 0 Å². The molecule has 2 nitrogen and oxygen atoms in total. The smallest absolute Gasteiger partial charge is 0.122 e. The van der Waals surface area contributed by atoms with Gasteiger partial charge in [-0.05, 0) is 45.1 Å². The fraction of sp³-hybridized carbons (Fsp3) is 0.538. The molecule has 1 unspecified atom stereocenters. The first-order chi connectivity index (χ1) is 7.60. The quantitative estimate of drug-likeness (QED) is 0.734. The maximum Gasteiger partial charge on any atom is 0.122 e. The van der Waals surface area contributed by atoms with Crippen molar-refractivity contribution in [3.8, 4) is 5.75 Å². The molecule has 0 aliphatic carbocycles. The minimum Gasteiger partial charge on any atom is -0.494 e. The molecule has 90 valence electrons. The summed E-state index contributed by atoms with van der Waals surface area (Å²) >= 11 is 5.98. The van der Waals surface area contributed by atoms with Gasteiger partial charge in [0, 0.05) is 11.9 Å². The lowest BCUT2D eigenvalue weighted by atomic mass is 10.0. The molecule has 0 amide bonds. The Bertz CT molecular complexity index is 339. The van der Waals surface area contributed by atoms with Gasteiger partial charge in [0.25, 0.3) is 0 Å². The first kappa shape index (κ1) is 13.3. The van der Waals surface area contributed by atoms with Crippen LogP contribution in [-0.2, 0) is 0 Å². The number of halogens is 1. The van der Waals surface area contributed by atoms with Crippen LogP contribution in [0.3, 0.4) is 0 Å². The molecule has 16 heavy (non-hydrogen) atoms. The van der Waals surface area contributed by atoms with E-state index in [4.69, 9.17) is 16.3 Å². The van der Waals surface area contributed by atoms with Crippen LogP contribution in [0.5, 0.6) is 5.75 Å². The van der Waals surface area contributed by atoms with Gasteiger partial charge in [0.2, 0.25) is 0 Å². The minimum atomic E-state index is 0.260. The Morgan fingerprint density at radius 1 is 1.38 bits per heavy atom. The van der Waals surface area contributed by atoms with E-state index in [-0.39, 0.29) is 6.04 Å². The summed E-state index contributed by atoms with van der Waals surface area (Å²) in [5.41, 5.74) is 2.40. The van der Waals surface area contributed by atoms with Crippen LogP contribution in [0.15, 0.2) is 18.2 Å². The van der Waals surface area contributed by atoms with Crippen LogP contribution in [0, 0.1) is 6.92 Å². The third-order valence-corrected chi connectivity index (χ3v) is 2.95. The van der Waals surface area contributed by atoms with Gasteiger partial charge >= 0.3 is 0 Å². The molecule has 0 fully saturated rings. The Morgan fingerprint density at radius 2 is 2.06 bits per heavy atom. The molecule has 0 saturated carbocycles. The van der Waals surface area contributed by atoms with Crippen LogP contribution in [0.1, 0.15) is 24.1 Å². The van der Waals surface area contributed by atoms with E-state index in [1.165, 1.54) is 5.56 Å². The Morgan fingerprint density at radius 3 is 2.50 bits per heavy atom. The number of rotatable bonds is 5. The maximum atomic E-state index is 5.98. The molecule has 0 heterocycles. The van der Waals surface area contributed by atoms with Crippen LogP contribution in [-0.4, -0.2) is 31.5 Å². The zero-order chi connectivity index (χ0) is 12.1. The van der Waals surface area contributed by atoms with Crippen molar-refractivity contribution in [2.45, 2.75) is 19.9 Å². The topological polar surface area (TPSA) is 12.5 Å². The van der Waals surface area contributed by atoms with Crippen LogP contribution in [0.2, 0.25) is 0 Å². The second-order valence-corrected chi connectivity index (χ2v) is 4.40. The van der Waals surface area contributed by atoms with Crippen LogP contribution in [0.25, 0.3) is 0 Å². The van der Waals surface area contributed by atoms with Crippen molar-refractivity contribution in [1.82, 2.24) is 4.90 Å². The van der Waals surface area contributed by atoms with E-state index >= 15 is 0 Å². The van der Waals surface area contributed by atoms with E-state index in [1.54, 1.807) is 0 Å². The summed E-state index contributed by atoms with van der Waals surface area (Å²) in [7, 11) is 4.08. The monoisotopic (exact) mass is 241 g/mol. The third kappa shape index (κ3) is 3.13. The number of hydrogen-bond donors (Lipinski definition) is 0. The standard InChI is InChI=1S/C13H20ClNO/c1-5-16-13-7-6-11(8-10(13)2)12(9-14)15(3)4/h6-8,12H,5,9H2,1-4H3. The molecule has 1 aromatic carbocycles. The van der Waals surface area contributed by atoms with Crippen molar-refractivity contribution < 1.29 is 4.74 Å². The van der Waals surface area contributed by atoms with Crippen LogP contribution < -0.4 is 4.74 Å². The largest absolute Gasteiger partial charge is 0.494 e. The number of ether oxygens (including phenoxy) is 1. The second kappa shape index (κ2) is 6.12. The highest BCUT2D eigenvalue weighted by Gasteiger charge is 2.13.